The van der Waals surface area contributed by atoms with Crippen molar-refractivity contribution in [3.63, 3.8) is 0 Å². The molecular weight excluding hydrogens is 350 g/mol. The molecule has 1 heterocycles. The molecule has 0 aliphatic carbocycles. The van der Waals surface area contributed by atoms with E-state index in [-0.39, 0.29) is 30.1 Å². The Kier molecular flexibility index (Phi) is 7.51. The van der Waals surface area contributed by atoms with Crippen molar-refractivity contribution in [3.8, 4) is 0 Å². The summed E-state index contributed by atoms with van der Waals surface area (Å²) in [6.45, 7) is 4.97. The van der Waals surface area contributed by atoms with Gasteiger partial charge in [-0.2, -0.15) is 0 Å². The molecule has 1 aliphatic heterocycles. The zero-order valence-corrected chi connectivity index (χ0v) is 15.7. The van der Waals surface area contributed by atoms with Gasteiger partial charge in [0.25, 0.3) is 5.91 Å². The van der Waals surface area contributed by atoms with Gasteiger partial charge in [0.1, 0.15) is 0 Å². The minimum Gasteiger partial charge on any atom is -0.336 e. The van der Waals surface area contributed by atoms with E-state index in [1.807, 2.05) is 6.92 Å². The molecule has 1 aliphatic rings. The van der Waals surface area contributed by atoms with Crippen LogP contribution in [-0.2, 0) is 10.0 Å². The zero-order chi connectivity index (χ0) is 17.0. The smallest absolute Gasteiger partial charge is 0.256 e. The van der Waals surface area contributed by atoms with E-state index in [9.17, 15) is 13.2 Å². The number of likely N-dealkylation sites (tertiary alicyclic amines) is 1. The number of anilines is 1. The monoisotopic (exact) mass is 375 g/mol. The Bertz CT molecular complexity index is 666. The molecule has 136 valence electrons. The lowest BCUT2D eigenvalue weighted by Crippen LogP contribution is -2.35. The van der Waals surface area contributed by atoms with Gasteiger partial charge in [0.15, 0.2) is 0 Å². The summed E-state index contributed by atoms with van der Waals surface area (Å²) in [4.78, 5) is 14.6. The molecule has 24 heavy (non-hydrogen) atoms. The van der Waals surface area contributed by atoms with E-state index in [1.165, 1.54) is 0 Å². The molecule has 0 bridgehead atoms. The summed E-state index contributed by atoms with van der Waals surface area (Å²) in [6.07, 6.45) is 1.40. The quantitative estimate of drug-likeness (QED) is 0.796. The SMILES string of the molecule is CCCS(=O)(=O)Nc1ccccc1C(=O)N1CC(CN)CC1C.Cl. The number of rotatable bonds is 6. The van der Waals surface area contributed by atoms with Gasteiger partial charge >= 0.3 is 0 Å². The van der Waals surface area contributed by atoms with E-state index in [4.69, 9.17) is 5.73 Å². The molecule has 1 amide bonds. The molecular formula is C16H26ClN3O3S. The summed E-state index contributed by atoms with van der Waals surface area (Å²) >= 11 is 0. The van der Waals surface area contributed by atoms with E-state index in [2.05, 4.69) is 4.72 Å². The second-order valence-electron chi connectivity index (χ2n) is 6.11. The largest absolute Gasteiger partial charge is 0.336 e. The van der Waals surface area contributed by atoms with Crippen LogP contribution in [0.3, 0.4) is 0 Å². The summed E-state index contributed by atoms with van der Waals surface area (Å²) < 4.78 is 26.5. The number of halogens is 1. The van der Waals surface area contributed by atoms with Crippen molar-refractivity contribution in [1.82, 2.24) is 4.90 Å². The van der Waals surface area contributed by atoms with Crippen LogP contribution in [0.2, 0.25) is 0 Å². The highest BCUT2D eigenvalue weighted by molar-refractivity contribution is 7.92. The van der Waals surface area contributed by atoms with Gasteiger partial charge in [0.2, 0.25) is 10.0 Å². The van der Waals surface area contributed by atoms with Crippen molar-refractivity contribution in [2.75, 3.05) is 23.6 Å². The molecule has 0 aromatic heterocycles. The summed E-state index contributed by atoms with van der Waals surface area (Å²) in [5.41, 5.74) is 6.44. The van der Waals surface area contributed by atoms with Gasteiger partial charge in [0.05, 0.1) is 17.0 Å². The number of nitrogens with one attached hydrogen (secondary N) is 1. The highest BCUT2D eigenvalue weighted by Crippen LogP contribution is 2.27. The van der Waals surface area contributed by atoms with Crippen LogP contribution in [0.5, 0.6) is 0 Å². The minimum atomic E-state index is -3.43. The summed E-state index contributed by atoms with van der Waals surface area (Å²) in [7, 11) is -3.43. The highest BCUT2D eigenvalue weighted by Gasteiger charge is 2.33. The first kappa shape index (κ1) is 20.7. The Morgan fingerprint density at radius 3 is 2.62 bits per heavy atom. The van der Waals surface area contributed by atoms with Crippen LogP contribution in [0, 0.1) is 5.92 Å². The van der Waals surface area contributed by atoms with Crippen LogP contribution in [0.25, 0.3) is 0 Å². The van der Waals surface area contributed by atoms with Crippen LogP contribution in [0.1, 0.15) is 37.0 Å². The van der Waals surface area contributed by atoms with Crippen LogP contribution < -0.4 is 10.5 Å². The molecule has 2 unspecified atom stereocenters. The topological polar surface area (TPSA) is 92.5 Å². The maximum atomic E-state index is 12.8. The summed E-state index contributed by atoms with van der Waals surface area (Å²) in [5, 5.41) is 0. The standard InChI is InChI=1S/C16H25N3O3S.ClH/c1-3-8-23(21,22)18-15-7-5-4-6-14(15)16(20)19-11-13(10-17)9-12(19)2;/h4-7,12-13,18H,3,8-11,17H2,1-2H3;1H. The minimum absolute atomic E-state index is 0. The number of hydrogen-bond acceptors (Lipinski definition) is 4. The third kappa shape index (κ3) is 4.84. The molecule has 2 rings (SSSR count). The Hall–Kier alpha value is -1.31. The fourth-order valence-corrected chi connectivity index (χ4v) is 4.15. The maximum Gasteiger partial charge on any atom is 0.256 e. The van der Waals surface area contributed by atoms with Gasteiger partial charge in [-0.1, -0.05) is 19.1 Å². The number of para-hydroxylation sites is 1. The molecule has 1 aromatic rings. The Morgan fingerprint density at radius 1 is 1.38 bits per heavy atom. The molecule has 8 heteroatoms. The molecule has 2 atom stereocenters. The lowest BCUT2D eigenvalue weighted by Gasteiger charge is -2.23. The Balaban J connectivity index is 0.00000288. The Morgan fingerprint density at radius 2 is 2.04 bits per heavy atom. The van der Waals surface area contributed by atoms with Crippen molar-refractivity contribution >= 4 is 34.0 Å². The highest BCUT2D eigenvalue weighted by atomic mass is 35.5. The van der Waals surface area contributed by atoms with E-state index in [0.717, 1.165) is 6.42 Å². The first-order valence-electron chi connectivity index (χ1n) is 7.98. The van der Waals surface area contributed by atoms with Crippen LogP contribution in [-0.4, -0.2) is 44.1 Å². The fraction of sp³-hybridized carbons (Fsp3) is 0.562. The van der Waals surface area contributed by atoms with Crippen molar-refractivity contribution in [2.24, 2.45) is 11.7 Å². The number of sulfonamides is 1. The lowest BCUT2D eigenvalue weighted by molar-refractivity contribution is 0.0744. The molecule has 1 fully saturated rings. The summed E-state index contributed by atoms with van der Waals surface area (Å²) in [6, 6.07) is 6.86. The number of amides is 1. The molecule has 0 spiro atoms. The number of nitrogens with two attached hydrogens (primary N) is 1. The maximum absolute atomic E-state index is 12.8. The van der Waals surface area contributed by atoms with Crippen LogP contribution in [0.4, 0.5) is 5.69 Å². The average Bonchev–Trinajstić information content (AvgIpc) is 2.88. The molecule has 1 saturated heterocycles. The zero-order valence-electron chi connectivity index (χ0n) is 14.1. The predicted molar refractivity (Wildman–Crippen MR) is 99.1 cm³/mol. The van der Waals surface area contributed by atoms with E-state index in [1.54, 1.807) is 36.1 Å². The fourth-order valence-electron chi connectivity index (χ4n) is 3.00. The van der Waals surface area contributed by atoms with Crippen molar-refractivity contribution < 1.29 is 13.2 Å². The third-order valence-corrected chi connectivity index (χ3v) is 5.63. The van der Waals surface area contributed by atoms with Crippen molar-refractivity contribution in [3.05, 3.63) is 29.8 Å². The van der Waals surface area contributed by atoms with E-state index < -0.39 is 10.0 Å². The molecule has 1 aromatic carbocycles. The first-order chi connectivity index (χ1) is 10.9. The van der Waals surface area contributed by atoms with Gasteiger partial charge in [-0.15, -0.1) is 12.4 Å². The second-order valence-corrected chi connectivity index (χ2v) is 7.95. The number of nitrogens with zero attached hydrogens (tertiary/aromatic N) is 1. The lowest BCUT2D eigenvalue weighted by atomic mass is 10.1. The van der Waals surface area contributed by atoms with Crippen molar-refractivity contribution in [1.29, 1.82) is 0 Å². The molecule has 3 N–H and O–H groups in total. The molecule has 0 radical (unpaired) electrons. The van der Waals surface area contributed by atoms with Crippen molar-refractivity contribution in [2.45, 2.75) is 32.7 Å². The van der Waals surface area contributed by atoms with Crippen LogP contribution >= 0.6 is 12.4 Å². The van der Waals surface area contributed by atoms with Gasteiger partial charge < -0.3 is 10.6 Å². The number of carbonyl (C=O) groups excluding carboxylic acids is 1. The molecule has 0 saturated carbocycles. The van der Waals surface area contributed by atoms with Gasteiger partial charge in [-0.3, -0.25) is 9.52 Å². The third-order valence-electron chi connectivity index (χ3n) is 4.15. The number of hydrogen-bond donors (Lipinski definition) is 2. The predicted octanol–water partition coefficient (Wildman–Crippen LogP) is 2.07. The van der Waals surface area contributed by atoms with E-state index >= 15 is 0 Å². The summed E-state index contributed by atoms with van der Waals surface area (Å²) in [5.74, 6) is 0.186. The molecule has 6 nitrogen and oxygen atoms in total. The Labute approximate surface area is 150 Å². The first-order valence-corrected chi connectivity index (χ1v) is 9.63. The van der Waals surface area contributed by atoms with Gasteiger partial charge in [0, 0.05) is 12.6 Å². The van der Waals surface area contributed by atoms with Gasteiger partial charge in [-0.05, 0) is 44.4 Å². The van der Waals surface area contributed by atoms with Crippen LogP contribution in [0.15, 0.2) is 24.3 Å². The second kappa shape index (κ2) is 8.69. The average molecular weight is 376 g/mol. The van der Waals surface area contributed by atoms with Gasteiger partial charge in [-0.25, -0.2) is 8.42 Å². The number of benzene rings is 1. The number of carbonyl (C=O) groups is 1. The van der Waals surface area contributed by atoms with E-state index in [0.29, 0.717) is 36.7 Å². The normalized spacial score (nSPS) is 20.5.